The van der Waals surface area contributed by atoms with Crippen LogP contribution < -0.4 is 11.3 Å². The molecule has 7 nitrogen and oxygen atoms in total. The Morgan fingerprint density at radius 1 is 1.29 bits per heavy atom. The Morgan fingerprint density at radius 3 is 2.88 bits per heavy atom. The molecule has 3 atom stereocenters. The van der Waals surface area contributed by atoms with Crippen LogP contribution in [0.5, 0.6) is 0 Å². The molecule has 0 aliphatic carbocycles. The van der Waals surface area contributed by atoms with E-state index in [4.69, 9.17) is 10.5 Å². The summed E-state index contributed by atoms with van der Waals surface area (Å²) in [4.78, 5) is 18.7. The van der Waals surface area contributed by atoms with E-state index in [1.165, 1.54) is 0 Å². The van der Waals surface area contributed by atoms with Crippen molar-refractivity contribution >= 4 is 27.6 Å². The number of hydrogen-bond donors (Lipinski definition) is 4. The molecular formula is C17H17N3O4. The quantitative estimate of drug-likeness (QED) is 0.518. The number of aliphatic hydroxyl groups excluding tert-OH is 2. The fourth-order valence-corrected chi connectivity index (χ4v) is 3.23. The first-order valence-corrected chi connectivity index (χ1v) is 7.73. The van der Waals surface area contributed by atoms with Gasteiger partial charge < -0.3 is 20.7 Å². The molecule has 1 saturated heterocycles. The fraction of sp³-hybridized carbons (Fsp3) is 0.294. The summed E-state index contributed by atoms with van der Waals surface area (Å²) >= 11 is 0. The van der Waals surface area contributed by atoms with Gasteiger partial charge in [-0.25, -0.2) is 4.98 Å². The molecule has 7 heteroatoms. The molecule has 0 radical (unpaired) electrons. The van der Waals surface area contributed by atoms with Crippen molar-refractivity contribution in [2.75, 3.05) is 12.3 Å². The Bertz CT molecular complexity index is 985. The smallest absolute Gasteiger partial charge is 0.260 e. The van der Waals surface area contributed by atoms with E-state index in [1.54, 1.807) is 6.07 Å². The molecule has 0 spiro atoms. The van der Waals surface area contributed by atoms with E-state index in [9.17, 15) is 15.0 Å². The Morgan fingerprint density at radius 2 is 2.12 bits per heavy atom. The molecular weight excluding hydrogens is 310 g/mol. The van der Waals surface area contributed by atoms with Gasteiger partial charge >= 0.3 is 0 Å². The van der Waals surface area contributed by atoms with Crippen molar-refractivity contribution in [3.8, 4) is 0 Å². The molecule has 24 heavy (non-hydrogen) atoms. The summed E-state index contributed by atoms with van der Waals surface area (Å²) in [6, 6.07) is 9.37. The van der Waals surface area contributed by atoms with E-state index in [1.807, 2.05) is 24.3 Å². The molecule has 2 aromatic carbocycles. The van der Waals surface area contributed by atoms with E-state index in [2.05, 4.69) is 9.97 Å². The number of nitrogens with two attached hydrogens (primary N) is 1. The molecule has 0 saturated carbocycles. The van der Waals surface area contributed by atoms with Gasteiger partial charge in [-0.1, -0.05) is 12.1 Å². The molecule has 0 bridgehead atoms. The number of rotatable bonds is 2. The number of aliphatic hydroxyl groups is 2. The van der Waals surface area contributed by atoms with Gasteiger partial charge in [-0.2, -0.15) is 0 Å². The first-order valence-electron chi connectivity index (χ1n) is 7.73. The fourth-order valence-electron chi connectivity index (χ4n) is 3.23. The highest BCUT2D eigenvalue weighted by atomic mass is 16.5. The SMILES string of the molecule is Nc1nc2cc3ccc(C4CC(O)C(CO)O4)cc3cc2c(=O)[nH]1. The molecule has 1 aliphatic heterocycles. The molecule has 0 amide bonds. The maximum atomic E-state index is 12.0. The second-order valence-electron chi connectivity index (χ2n) is 6.08. The Labute approximate surface area is 136 Å². The normalized spacial score (nSPS) is 24.0. The number of aromatic amines is 1. The first-order chi connectivity index (χ1) is 11.5. The minimum atomic E-state index is -0.678. The number of anilines is 1. The van der Waals surface area contributed by atoms with Crippen molar-refractivity contribution < 1.29 is 14.9 Å². The summed E-state index contributed by atoms with van der Waals surface area (Å²) in [5.41, 5.74) is 6.75. The maximum Gasteiger partial charge on any atom is 0.260 e. The molecule has 2 heterocycles. The number of nitrogen functional groups attached to an aromatic ring is 1. The van der Waals surface area contributed by atoms with Crippen LogP contribution in [0.3, 0.4) is 0 Å². The van der Waals surface area contributed by atoms with Crippen LogP contribution in [0, 0.1) is 0 Å². The van der Waals surface area contributed by atoms with E-state index in [0.29, 0.717) is 17.3 Å². The zero-order valence-electron chi connectivity index (χ0n) is 12.8. The van der Waals surface area contributed by atoms with Crippen LogP contribution in [0.25, 0.3) is 21.7 Å². The summed E-state index contributed by atoms with van der Waals surface area (Å²) in [7, 11) is 0. The average molecular weight is 327 g/mol. The third kappa shape index (κ3) is 2.43. The van der Waals surface area contributed by atoms with Crippen LogP contribution in [0.15, 0.2) is 35.1 Å². The summed E-state index contributed by atoms with van der Waals surface area (Å²) in [5, 5.41) is 21.4. The van der Waals surface area contributed by atoms with Crippen molar-refractivity contribution in [2.24, 2.45) is 0 Å². The lowest BCUT2D eigenvalue weighted by molar-refractivity contribution is -0.0225. The number of benzene rings is 2. The van der Waals surface area contributed by atoms with Crippen LogP contribution >= 0.6 is 0 Å². The number of fused-ring (bicyclic) bond motifs is 2. The van der Waals surface area contributed by atoms with Gasteiger partial charge in [0.25, 0.3) is 5.56 Å². The highest BCUT2D eigenvalue weighted by Gasteiger charge is 2.34. The van der Waals surface area contributed by atoms with Gasteiger partial charge in [0.05, 0.1) is 29.7 Å². The van der Waals surface area contributed by atoms with Gasteiger partial charge in [-0.3, -0.25) is 9.78 Å². The number of nitrogens with zero attached hydrogens (tertiary/aromatic N) is 1. The maximum absolute atomic E-state index is 12.0. The van der Waals surface area contributed by atoms with Crippen LogP contribution in [-0.4, -0.2) is 39.0 Å². The Kier molecular flexibility index (Phi) is 3.49. The molecule has 3 unspecified atom stereocenters. The van der Waals surface area contributed by atoms with Crippen molar-refractivity contribution in [3.63, 3.8) is 0 Å². The van der Waals surface area contributed by atoms with Crippen molar-refractivity contribution in [1.29, 1.82) is 0 Å². The van der Waals surface area contributed by atoms with Gasteiger partial charge in [0, 0.05) is 6.42 Å². The minimum absolute atomic E-state index is 0.0897. The highest BCUT2D eigenvalue weighted by Crippen LogP contribution is 2.34. The summed E-state index contributed by atoms with van der Waals surface area (Å²) in [5.74, 6) is 0.0897. The first kappa shape index (κ1) is 15.1. The molecule has 124 valence electrons. The lowest BCUT2D eigenvalue weighted by Crippen LogP contribution is -2.24. The Hall–Kier alpha value is -2.48. The molecule has 3 aromatic rings. The molecule has 1 fully saturated rings. The van der Waals surface area contributed by atoms with Gasteiger partial charge in [0.2, 0.25) is 5.95 Å². The van der Waals surface area contributed by atoms with Crippen LogP contribution in [0.2, 0.25) is 0 Å². The minimum Gasteiger partial charge on any atom is -0.394 e. The van der Waals surface area contributed by atoms with Crippen LogP contribution in [-0.2, 0) is 4.74 Å². The van der Waals surface area contributed by atoms with Crippen molar-refractivity contribution in [3.05, 3.63) is 46.2 Å². The lowest BCUT2D eigenvalue weighted by Gasteiger charge is -2.13. The van der Waals surface area contributed by atoms with E-state index in [0.717, 1.165) is 16.3 Å². The van der Waals surface area contributed by atoms with Crippen molar-refractivity contribution in [2.45, 2.75) is 24.7 Å². The van der Waals surface area contributed by atoms with Gasteiger partial charge in [-0.15, -0.1) is 0 Å². The molecule has 5 N–H and O–H groups in total. The standard InChI is InChI=1S/C17H17N3O4/c18-17-19-12-5-8-1-2-9(14-6-13(22)15(7-21)24-14)3-10(8)4-11(12)16(23)20-17/h1-5,13-15,21-22H,6-7H2,(H3,18,19,20,23). The summed E-state index contributed by atoms with van der Waals surface area (Å²) < 4.78 is 5.69. The number of hydrogen-bond acceptors (Lipinski definition) is 6. The summed E-state index contributed by atoms with van der Waals surface area (Å²) in [6.07, 6.45) is -1.08. The average Bonchev–Trinajstić information content (AvgIpc) is 2.94. The largest absolute Gasteiger partial charge is 0.394 e. The molecule has 1 aromatic heterocycles. The highest BCUT2D eigenvalue weighted by molar-refractivity contribution is 5.96. The number of aromatic nitrogens is 2. The van der Waals surface area contributed by atoms with Crippen molar-refractivity contribution in [1.82, 2.24) is 9.97 Å². The van der Waals surface area contributed by atoms with Gasteiger partial charge in [-0.05, 0) is 34.5 Å². The zero-order chi connectivity index (χ0) is 16.8. The number of nitrogens with one attached hydrogen (secondary N) is 1. The predicted octanol–water partition coefficient (Wildman–Crippen LogP) is 0.842. The molecule has 4 rings (SSSR count). The van der Waals surface area contributed by atoms with E-state index >= 15 is 0 Å². The number of H-pyrrole nitrogens is 1. The third-order valence-corrected chi connectivity index (χ3v) is 4.48. The third-order valence-electron chi connectivity index (χ3n) is 4.48. The van der Waals surface area contributed by atoms with Crippen LogP contribution in [0.4, 0.5) is 5.95 Å². The van der Waals surface area contributed by atoms with E-state index in [-0.39, 0.29) is 24.2 Å². The van der Waals surface area contributed by atoms with E-state index < -0.39 is 12.2 Å². The topological polar surface area (TPSA) is 121 Å². The Balaban J connectivity index is 1.81. The van der Waals surface area contributed by atoms with Gasteiger partial charge in [0.15, 0.2) is 0 Å². The van der Waals surface area contributed by atoms with Crippen LogP contribution in [0.1, 0.15) is 18.1 Å². The van der Waals surface area contributed by atoms with Gasteiger partial charge in [0.1, 0.15) is 6.10 Å². The monoisotopic (exact) mass is 327 g/mol. The molecule has 1 aliphatic rings. The second-order valence-corrected chi connectivity index (χ2v) is 6.08. The number of ether oxygens (including phenoxy) is 1. The summed E-state index contributed by atoms with van der Waals surface area (Å²) in [6.45, 7) is -0.210. The second kappa shape index (κ2) is 5.55. The predicted molar refractivity (Wildman–Crippen MR) is 89.6 cm³/mol. The lowest BCUT2D eigenvalue weighted by atomic mass is 10.00. The zero-order valence-corrected chi connectivity index (χ0v) is 12.8.